The fraction of sp³-hybridized carbons (Fsp3) is 0.400. The van der Waals surface area contributed by atoms with Crippen LogP contribution in [0.4, 0.5) is 0 Å². The van der Waals surface area contributed by atoms with Crippen LogP contribution in [0.25, 0.3) is 0 Å². The second kappa shape index (κ2) is 6.36. The Morgan fingerprint density at radius 2 is 2.22 bits per heavy atom. The van der Waals surface area contributed by atoms with Gasteiger partial charge in [-0.3, -0.25) is 4.79 Å². The minimum atomic E-state index is 0.285. The van der Waals surface area contributed by atoms with Crippen molar-refractivity contribution in [3.63, 3.8) is 0 Å². The van der Waals surface area contributed by atoms with Crippen LogP contribution in [-0.2, 0) is 11.3 Å². The highest BCUT2D eigenvalue weighted by Crippen LogP contribution is 2.24. The van der Waals surface area contributed by atoms with E-state index in [0.29, 0.717) is 12.5 Å². The van der Waals surface area contributed by atoms with Crippen molar-refractivity contribution < 1.29 is 4.79 Å². The molecular weight excluding hydrogens is 337 g/mol. The van der Waals surface area contributed by atoms with E-state index >= 15 is 0 Å². The number of amides is 1. The van der Waals surface area contributed by atoms with Crippen molar-refractivity contribution in [2.45, 2.75) is 38.3 Å². The Kier molecular flexibility index (Phi) is 4.80. The zero-order valence-electron chi connectivity index (χ0n) is 10.4. The Balaban J connectivity index is 2.15. The number of rotatable bonds is 4. The monoisotopic (exact) mass is 355 g/mol. The van der Waals surface area contributed by atoms with Gasteiger partial charge < -0.3 is 4.90 Å². The van der Waals surface area contributed by atoms with Crippen molar-refractivity contribution in [2.75, 3.05) is 0 Å². The van der Waals surface area contributed by atoms with Gasteiger partial charge in [0.25, 0.3) is 0 Å². The summed E-state index contributed by atoms with van der Waals surface area (Å²) in [7, 11) is 0. The second-order valence-corrected chi connectivity index (χ2v) is 5.85. The minimum absolute atomic E-state index is 0.285. The van der Waals surface area contributed by atoms with Gasteiger partial charge in [-0.15, -0.1) is 6.58 Å². The molecule has 0 bridgehead atoms. The summed E-state index contributed by atoms with van der Waals surface area (Å²) in [5, 5.41) is 0. The molecule has 0 spiro atoms. The largest absolute Gasteiger partial charge is 0.335 e. The Morgan fingerprint density at radius 1 is 1.44 bits per heavy atom. The predicted molar refractivity (Wildman–Crippen MR) is 82.2 cm³/mol. The highest BCUT2D eigenvalue weighted by Gasteiger charge is 2.27. The number of halogens is 1. The topological polar surface area (TPSA) is 20.3 Å². The number of benzene rings is 1. The minimum Gasteiger partial charge on any atom is -0.335 e. The lowest BCUT2D eigenvalue weighted by Gasteiger charge is -2.35. The number of likely N-dealkylation sites (tertiary alicyclic amines) is 1. The Labute approximate surface area is 122 Å². The summed E-state index contributed by atoms with van der Waals surface area (Å²) < 4.78 is 1.23. The molecule has 1 saturated heterocycles. The summed E-state index contributed by atoms with van der Waals surface area (Å²) in [5.74, 6) is 0.285. The molecule has 1 heterocycles. The molecule has 2 nitrogen and oxygen atoms in total. The van der Waals surface area contributed by atoms with Gasteiger partial charge in [0, 0.05) is 22.6 Å². The van der Waals surface area contributed by atoms with E-state index in [9.17, 15) is 4.79 Å². The second-order valence-electron chi connectivity index (χ2n) is 4.68. The molecule has 1 aromatic carbocycles. The lowest BCUT2D eigenvalue weighted by molar-refractivity contribution is -0.137. The fourth-order valence-electron chi connectivity index (χ4n) is 2.46. The van der Waals surface area contributed by atoms with Gasteiger partial charge in [0.15, 0.2) is 0 Å². The SMILES string of the molecule is C=CCC1CCCC(=O)N1Cc1ccccc1I. The normalized spacial score (nSPS) is 19.9. The van der Waals surface area contributed by atoms with Gasteiger partial charge in [0.05, 0.1) is 0 Å². The average molecular weight is 355 g/mol. The molecule has 0 aromatic heterocycles. The maximum absolute atomic E-state index is 12.1. The third kappa shape index (κ3) is 3.13. The molecule has 3 heteroatoms. The van der Waals surface area contributed by atoms with Crippen LogP contribution in [0.1, 0.15) is 31.2 Å². The highest BCUT2D eigenvalue weighted by atomic mass is 127. The molecule has 1 fully saturated rings. The highest BCUT2D eigenvalue weighted by molar-refractivity contribution is 14.1. The molecule has 0 saturated carbocycles. The lowest BCUT2D eigenvalue weighted by atomic mass is 9.98. The van der Waals surface area contributed by atoms with Gasteiger partial charge in [-0.1, -0.05) is 24.3 Å². The van der Waals surface area contributed by atoms with Gasteiger partial charge >= 0.3 is 0 Å². The summed E-state index contributed by atoms with van der Waals surface area (Å²) >= 11 is 2.33. The Bertz CT molecular complexity index is 444. The number of carbonyl (C=O) groups is 1. The summed E-state index contributed by atoms with van der Waals surface area (Å²) in [6.07, 6.45) is 5.62. The van der Waals surface area contributed by atoms with Crippen molar-refractivity contribution in [2.24, 2.45) is 0 Å². The standard InChI is InChI=1S/C15H18INO/c1-2-6-13-8-5-10-15(18)17(13)11-12-7-3-4-9-14(12)16/h2-4,7,9,13H,1,5-6,8,10-11H2. The van der Waals surface area contributed by atoms with Crippen LogP contribution in [0.15, 0.2) is 36.9 Å². The van der Waals surface area contributed by atoms with Crippen LogP contribution in [-0.4, -0.2) is 16.8 Å². The molecular formula is C15H18INO. The van der Waals surface area contributed by atoms with Gasteiger partial charge in [-0.05, 0) is 53.5 Å². The van der Waals surface area contributed by atoms with Crippen LogP contribution in [0.2, 0.25) is 0 Å². The van der Waals surface area contributed by atoms with Gasteiger partial charge in [-0.25, -0.2) is 0 Å². The zero-order valence-corrected chi connectivity index (χ0v) is 12.6. The number of nitrogens with zero attached hydrogens (tertiary/aromatic N) is 1. The first-order valence-corrected chi connectivity index (χ1v) is 7.44. The van der Waals surface area contributed by atoms with Crippen molar-refractivity contribution in [1.29, 1.82) is 0 Å². The maximum Gasteiger partial charge on any atom is 0.223 e. The lowest BCUT2D eigenvalue weighted by Crippen LogP contribution is -2.42. The van der Waals surface area contributed by atoms with Crippen LogP contribution < -0.4 is 0 Å². The Morgan fingerprint density at radius 3 is 2.94 bits per heavy atom. The van der Waals surface area contributed by atoms with E-state index in [1.807, 2.05) is 23.1 Å². The quantitative estimate of drug-likeness (QED) is 0.595. The first kappa shape index (κ1) is 13.6. The van der Waals surface area contributed by atoms with Gasteiger partial charge in [-0.2, -0.15) is 0 Å². The molecule has 2 rings (SSSR count). The van der Waals surface area contributed by atoms with Crippen LogP contribution in [0.3, 0.4) is 0 Å². The van der Waals surface area contributed by atoms with E-state index in [4.69, 9.17) is 0 Å². The molecule has 1 atom stereocenters. The van der Waals surface area contributed by atoms with E-state index in [0.717, 1.165) is 25.8 Å². The van der Waals surface area contributed by atoms with E-state index in [-0.39, 0.29) is 5.91 Å². The molecule has 18 heavy (non-hydrogen) atoms. The van der Waals surface area contributed by atoms with Crippen LogP contribution in [0, 0.1) is 3.57 Å². The fourth-order valence-corrected chi connectivity index (χ4v) is 3.01. The maximum atomic E-state index is 12.1. The molecule has 1 amide bonds. The van der Waals surface area contributed by atoms with Crippen LogP contribution in [0.5, 0.6) is 0 Å². The molecule has 96 valence electrons. The average Bonchev–Trinajstić information content (AvgIpc) is 2.36. The summed E-state index contributed by atoms with van der Waals surface area (Å²) in [6.45, 7) is 4.53. The molecule has 1 unspecified atom stereocenters. The molecule has 1 aliphatic heterocycles. The van der Waals surface area contributed by atoms with E-state index in [1.54, 1.807) is 0 Å². The molecule has 1 aliphatic rings. The molecule has 1 aromatic rings. The van der Waals surface area contributed by atoms with E-state index in [1.165, 1.54) is 9.13 Å². The van der Waals surface area contributed by atoms with Crippen molar-refractivity contribution in [1.82, 2.24) is 4.90 Å². The first-order chi connectivity index (χ1) is 8.72. The zero-order chi connectivity index (χ0) is 13.0. The van der Waals surface area contributed by atoms with Gasteiger partial charge in [0.1, 0.15) is 0 Å². The number of carbonyl (C=O) groups excluding carboxylic acids is 1. The van der Waals surface area contributed by atoms with Crippen molar-refractivity contribution >= 4 is 28.5 Å². The number of hydrogen-bond donors (Lipinski definition) is 0. The van der Waals surface area contributed by atoms with Crippen LogP contribution >= 0.6 is 22.6 Å². The van der Waals surface area contributed by atoms with Crippen molar-refractivity contribution in [3.8, 4) is 0 Å². The van der Waals surface area contributed by atoms with E-state index in [2.05, 4.69) is 41.3 Å². The summed E-state index contributed by atoms with van der Waals surface area (Å²) in [6, 6.07) is 8.60. The summed E-state index contributed by atoms with van der Waals surface area (Å²) in [4.78, 5) is 14.1. The van der Waals surface area contributed by atoms with Gasteiger partial charge in [0.2, 0.25) is 5.91 Å². The number of hydrogen-bond acceptors (Lipinski definition) is 1. The molecule has 0 N–H and O–H groups in total. The third-order valence-corrected chi connectivity index (χ3v) is 4.48. The Hall–Kier alpha value is -0.840. The predicted octanol–water partition coefficient (Wildman–Crippen LogP) is 3.75. The first-order valence-electron chi connectivity index (χ1n) is 6.36. The molecule has 0 radical (unpaired) electrons. The summed E-state index contributed by atoms with van der Waals surface area (Å²) in [5.41, 5.74) is 1.24. The third-order valence-electron chi connectivity index (χ3n) is 3.43. The number of piperidine rings is 1. The van der Waals surface area contributed by atoms with Crippen molar-refractivity contribution in [3.05, 3.63) is 46.1 Å². The van der Waals surface area contributed by atoms with E-state index < -0.39 is 0 Å². The molecule has 0 aliphatic carbocycles. The smallest absolute Gasteiger partial charge is 0.223 e.